The van der Waals surface area contributed by atoms with Gasteiger partial charge in [0, 0.05) is 33.3 Å². The van der Waals surface area contributed by atoms with Crippen molar-refractivity contribution in [1.29, 1.82) is 0 Å². The molecule has 1 aromatic rings. The Balaban J connectivity index is 1.59. The topological polar surface area (TPSA) is 59.1 Å². The van der Waals surface area contributed by atoms with Gasteiger partial charge < -0.3 is 19.3 Å². The normalized spacial score (nSPS) is 22.6. The van der Waals surface area contributed by atoms with Crippen LogP contribution < -0.4 is 4.74 Å². The molecule has 0 aliphatic carbocycles. The number of likely N-dealkylation sites (tertiary alicyclic amines) is 2. The fourth-order valence-corrected chi connectivity index (χ4v) is 4.14. The minimum atomic E-state index is -0.416. The first-order valence-corrected chi connectivity index (χ1v) is 9.72. The first kappa shape index (κ1) is 19.7. The van der Waals surface area contributed by atoms with Gasteiger partial charge in [0.25, 0.3) is 5.91 Å². The highest BCUT2D eigenvalue weighted by molar-refractivity contribution is 5.86. The van der Waals surface area contributed by atoms with Crippen molar-refractivity contribution in [2.45, 2.75) is 33.1 Å². The predicted octanol–water partition coefficient (Wildman–Crippen LogP) is 2.17. The van der Waals surface area contributed by atoms with E-state index in [-0.39, 0.29) is 18.4 Å². The van der Waals surface area contributed by atoms with E-state index in [2.05, 4.69) is 0 Å². The van der Waals surface area contributed by atoms with E-state index in [1.165, 1.54) is 0 Å². The smallest absolute Gasteiger partial charge is 0.260 e. The van der Waals surface area contributed by atoms with Crippen molar-refractivity contribution < 1.29 is 19.1 Å². The van der Waals surface area contributed by atoms with Crippen LogP contribution in [0, 0.1) is 19.3 Å². The number of rotatable bonds is 6. The highest BCUT2D eigenvalue weighted by Crippen LogP contribution is 2.40. The summed E-state index contributed by atoms with van der Waals surface area (Å²) in [4.78, 5) is 29.3. The van der Waals surface area contributed by atoms with Crippen LogP contribution in [0.4, 0.5) is 0 Å². The van der Waals surface area contributed by atoms with E-state index in [0.717, 1.165) is 42.7 Å². The number of benzene rings is 1. The van der Waals surface area contributed by atoms with Gasteiger partial charge in [0.2, 0.25) is 5.91 Å². The van der Waals surface area contributed by atoms with Crippen molar-refractivity contribution in [1.82, 2.24) is 9.80 Å². The number of aryl methyl sites for hydroxylation is 1. The minimum Gasteiger partial charge on any atom is -0.483 e. The van der Waals surface area contributed by atoms with Gasteiger partial charge in [-0.25, -0.2) is 0 Å². The van der Waals surface area contributed by atoms with Crippen LogP contribution in [0.5, 0.6) is 5.75 Å². The first-order valence-electron chi connectivity index (χ1n) is 9.72. The van der Waals surface area contributed by atoms with Crippen molar-refractivity contribution in [3.63, 3.8) is 0 Å². The molecule has 2 aliphatic rings. The zero-order valence-electron chi connectivity index (χ0n) is 16.6. The van der Waals surface area contributed by atoms with Crippen LogP contribution in [0.15, 0.2) is 18.2 Å². The van der Waals surface area contributed by atoms with Crippen LogP contribution in [0.1, 0.15) is 30.4 Å². The van der Waals surface area contributed by atoms with Gasteiger partial charge in [0.05, 0.1) is 12.0 Å². The number of methoxy groups -OCH3 is 1. The third-order valence-corrected chi connectivity index (χ3v) is 6.00. The summed E-state index contributed by atoms with van der Waals surface area (Å²) in [5.41, 5.74) is 1.78. The molecule has 0 N–H and O–H groups in total. The Bertz CT molecular complexity index is 705. The summed E-state index contributed by atoms with van der Waals surface area (Å²) in [6.45, 7) is 7.13. The molecule has 0 unspecified atom stereocenters. The highest BCUT2D eigenvalue weighted by Gasteiger charge is 2.49. The number of carbonyl (C=O) groups excluding carboxylic acids is 2. The summed E-state index contributed by atoms with van der Waals surface area (Å²) in [6, 6.07) is 5.85. The maximum Gasteiger partial charge on any atom is 0.260 e. The SMILES string of the molecule is COCCN1CCC[C@@]2(CCN(C(=O)COc3cccc(C)c3C)C2)C1=O. The van der Waals surface area contributed by atoms with Crippen LogP contribution in [0.25, 0.3) is 0 Å². The average molecular weight is 374 g/mol. The molecule has 2 saturated heterocycles. The summed E-state index contributed by atoms with van der Waals surface area (Å²) in [6.07, 6.45) is 2.58. The molecule has 27 heavy (non-hydrogen) atoms. The molecule has 1 atom stereocenters. The van der Waals surface area contributed by atoms with Gasteiger partial charge >= 0.3 is 0 Å². The lowest BCUT2D eigenvalue weighted by molar-refractivity contribution is -0.147. The molecular formula is C21H30N2O4. The molecule has 0 bridgehead atoms. The van der Waals surface area contributed by atoms with Gasteiger partial charge in [0.1, 0.15) is 5.75 Å². The summed E-state index contributed by atoms with van der Waals surface area (Å²) in [5, 5.41) is 0. The molecule has 1 aromatic carbocycles. The molecule has 0 aromatic heterocycles. The molecule has 6 nitrogen and oxygen atoms in total. The second-order valence-electron chi connectivity index (χ2n) is 7.72. The number of piperidine rings is 1. The van der Waals surface area contributed by atoms with E-state index < -0.39 is 5.41 Å². The maximum atomic E-state index is 13.0. The minimum absolute atomic E-state index is 0.0158. The number of carbonyl (C=O) groups is 2. The molecule has 3 rings (SSSR count). The number of hydrogen-bond acceptors (Lipinski definition) is 4. The molecule has 0 radical (unpaired) electrons. The Hall–Kier alpha value is -2.08. The van der Waals surface area contributed by atoms with E-state index in [4.69, 9.17) is 9.47 Å². The number of ether oxygens (including phenoxy) is 2. The van der Waals surface area contributed by atoms with E-state index in [9.17, 15) is 9.59 Å². The van der Waals surface area contributed by atoms with Gasteiger partial charge in [-0.05, 0) is 50.3 Å². The lowest BCUT2D eigenvalue weighted by Crippen LogP contribution is -2.51. The molecule has 6 heteroatoms. The fourth-order valence-electron chi connectivity index (χ4n) is 4.14. The second-order valence-corrected chi connectivity index (χ2v) is 7.72. The lowest BCUT2D eigenvalue weighted by atomic mass is 9.78. The molecule has 2 heterocycles. The monoisotopic (exact) mass is 374 g/mol. The Kier molecular flexibility index (Phi) is 6.05. The van der Waals surface area contributed by atoms with Gasteiger partial charge in [0.15, 0.2) is 6.61 Å². The van der Waals surface area contributed by atoms with Gasteiger partial charge in [-0.15, -0.1) is 0 Å². The van der Waals surface area contributed by atoms with Crippen LogP contribution in [0.2, 0.25) is 0 Å². The Labute approximate surface area is 161 Å². The molecule has 148 valence electrons. The van der Waals surface area contributed by atoms with E-state index in [1.54, 1.807) is 12.0 Å². The number of hydrogen-bond donors (Lipinski definition) is 0. The van der Waals surface area contributed by atoms with Gasteiger partial charge in [-0.3, -0.25) is 9.59 Å². The predicted molar refractivity (Wildman–Crippen MR) is 103 cm³/mol. The van der Waals surface area contributed by atoms with E-state index in [0.29, 0.717) is 26.2 Å². The molecular weight excluding hydrogens is 344 g/mol. The van der Waals surface area contributed by atoms with Crippen LogP contribution in [0.3, 0.4) is 0 Å². The third kappa shape index (κ3) is 4.10. The summed E-state index contributed by atoms with van der Waals surface area (Å²) in [7, 11) is 1.65. The number of nitrogens with zero attached hydrogens (tertiary/aromatic N) is 2. The summed E-state index contributed by atoms with van der Waals surface area (Å²) >= 11 is 0. The van der Waals surface area contributed by atoms with Crippen molar-refractivity contribution in [2.75, 3.05) is 46.5 Å². The van der Waals surface area contributed by atoms with E-state index in [1.807, 2.05) is 36.9 Å². The summed E-state index contributed by atoms with van der Waals surface area (Å²) < 4.78 is 10.9. The molecule has 2 fully saturated rings. The average Bonchev–Trinajstić information content (AvgIpc) is 3.09. The van der Waals surface area contributed by atoms with Crippen LogP contribution in [-0.4, -0.2) is 68.1 Å². The maximum absolute atomic E-state index is 13.0. The van der Waals surface area contributed by atoms with E-state index >= 15 is 0 Å². The lowest BCUT2D eigenvalue weighted by Gasteiger charge is -2.39. The first-order chi connectivity index (χ1) is 13.0. The van der Waals surface area contributed by atoms with Crippen molar-refractivity contribution in [2.24, 2.45) is 5.41 Å². The molecule has 2 aliphatic heterocycles. The fraction of sp³-hybridized carbons (Fsp3) is 0.619. The second kappa shape index (κ2) is 8.30. The van der Waals surface area contributed by atoms with Crippen molar-refractivity contribution in [3.8, 4) is 5.75 Å². The zero-order chi connectivity index (χ0) is 19.4. The largest absolute Gasteiger partial charge is 0.483 e. The standard InChI is InChI=1S/C21H30N2O4/c1-16-6-4-7-18(17(16)2)27-14-19(24)23-11-9-21(15-23)8-5-10-22(20(21)25)12-13-26-3/h4,6-7H,5,8-15H2,1-3H3/t21-/m0/s1. The third-order valence-electron chi connectivity index (χ3n) is 6.00. The Morgan fingerprint density at radius 1 is 1.22 bits per heavy atom. The van der Waals surface area contributed by atoms with Crippen molar-refractivity contribution in [3.05, 3.63) is 29.3 Å². The van der Waals surface area contributed by atoms with Crippen LogP contribution >= 0.6 is 0 Å². The molecule has 0 saturated carbocycles. The van der Waals surface area contributed by atoms with Crippen molar-refractivity contribution >= 4 is 11.8 Å². The number of amides is 2. The zero-order valence-corrected chi connectivity index (χ0v) is 16.6. The molecule has 1 spiro atoms. The Morgan fingerprint density at radius 3 is 2.81 bits per heavy atom. The summed E-state index contributed by atoms with van der Waals surface area (Å²) in [5.74, 6) is 0.878. The van der Waals surface area contributed by atoms with Gasteiger partial charge in [-0.1, -0.05) is 12.1 Å². The van der Waals surface area contributed by atoms with Gasteiger partial charge in [-0.2, -0.15) is 0 Å². The quantitative estimate of drug-likeness (QED) is 0.766. The van der Waals surface area contributed by atoms with Crippen LogP contribution in [-0.2, 0) is 14.3 Å². The molecule has 2 amide bonds. The Morgan fingerprint density at radius 2 is 2.04 bits per heavy atom. The highest BCUT2D eigenvalue weighted by atomic mass is 16.5.